The van der Waals surface area contributed by atoms with E-state index >= 15 is 0 Å². The van der Waals surface area contributed by atoms with Crippen molar-refractivity contribution in [3.8, 4) is 0 Å². The lowest BCUT2D eigenvalue weighted by Gasteiger charge is -2.48. The fourth-order valence-electron chi connectivity index (χ4n) is 3.75. The van der Waals surface area contributed by atoms with Crippen LogP contribution in [-0.2, 0) is 9.59 Å². The van der Waals surface area contributed by atoms with Crippen LogP contribution in [0.5, 0.6) is 0 Å². The zero-order chi connectivity index (χ0) is 12.3. The highest BCUT2D eigenvalue weighted by molar-refractivity contribution is 5.33. The maximum absolute atomic E-state index is 10.3. The van der Waals surface area contributed by atoms with E-state index in [1.807, 2.05) is 6.92 Å². The molecule has 2 bridgehead atoms. The van der Waals surface area contributed by atoms with Crippen molar-refractivity contribution in [1.29, 1.82) is 0 Å². The van der Waals surface area contributed by atoms with E-state index in [4.69, 9.17) is 0 Å². The van der Waals surface area contributed by atoms with Crippen molar-refractivity contribution < 1.29 is 9.59 Å². The van der Waals surface area contributed by atoms with Crippen molar-refractivity contribution >= 4 is 12.2 Å². The van der Waals surface area contributed by atoms with Crippen LogP contribution in [0.2, 0.25) is 0 Å². The Balaban J connectivity index is 2.01. The van der Waals surface area contributed by atoms with E-state index in [-0.39, 0.29) is 6.04 Å². The van der Waals surface area contributed by atoms with E-state index in [2.05, 4.69) is 9.98 Å². The van der Waals surface area contributed by atoms with Gasteiger partial charge >= 0.3 is 0 Å². The Morgan fingerprint density at radius 1 is 1.18 bits per heavy atom. The summed E-state index contributed by atoms with van der Waals surface area (Å²) in [4.78, 5) is 28.1. The van der Waals surface area contributed by atoms with Crippen LogP contribution in [0.3, 0.4) is 0 Å². The van der Waals surface area contributed by atoms with Crippen LogP contribution < -0.4 is 0 Å². The molecular formula is C13H18N2O2. The molecule has 0 aromatic heterocycles. The Labute approximate surface area is 101 Å². The van der Waals surface area contributed by atoms with Crippen LogP contribution in [0.4, 0.5) is 0 Å². The van der Waals surface area contributed by atoms with Crippen LogP contribution in [0.25, 0.3) is 0 Å². The molecule has 4 nitrogen and oxygen atoms in total. The fraction of sp³-hybridized carbons (Fsp3) is 0.846. The topological polar surface area (TPSA) is 58.9 Å². The summed E-state index contributed by atoms with van der Waals surface area (Å²) < 4.78 is 0. The number of nitrogens with zero attached hydrogens (tertiary/aromatic N) is 2. The Kier molecular flexibility index (Phi) is 3.88. The molecule has 0 spiro atoms. The third-order valence-corrected chi connectivity index (χ3v) is 4.63. The highest BCUT2D eigenvalue weighted by atomic mass is 16.1. The Hall–Kier alpha value is -1.24. The number of hydrogen-bond donors (Lipinski definition) is 0. The monoisotopic (exact) mass is 234 g/mol. The summed E-state index contributed by atoms with van der Waals surface area (Å²) in [6.45, 7) is 2.64. The van der Waals surface area contributed by atoms with Gasteiger partial charge in [-0.3, -0.25) is 0 Å². The van der Waals surface area contributed by atoms with Gasteiger partial charge in [0.2, 0.25) is 12.2 Å². The van der Waals surface area contributed by atoms with Gasteiger partial charge in [0, 0.05) is 0 Å². The third kappa shape index (κ3) is 2.54. The van der Waals surface area contributed by atoms with Gasteiger partial charge in [0.1, 0.15) is 0 Å². The van der Waals surface area contributed by atoms with Gasteiger partial charge in [0.25, 0.3) is 0 Å². The first kappa shape index (κ1) is 12.2. The smallest absolute Gasteiger partial charge is 0.211 e. The van der Waals surface area contributed by atoms with Crippen LogP contribution in [0.15, 0.2) is 9.98 Å². The fourth-order valence-corrected chi connectivity index (χ4v) is 3.75. The number of rotatable bonds is 4. The first-order chi connectivity index (χ1) is 8.26. The SMILES string of the molecule is CC(N=C=O)C1CC2CCC1CC2CN=C=O. The Morgan fingerprint density at radius 3 is 2.53 bits per heavy atom. The van der Waals surface area contributed by atoms with Gasteiger partial charge in [-0.25, -0.2) is 19.6 Å². The van der Waals surface area contributed by atoms with Crippen LogP contribution in [0, 0.1) is 23.7 Å². The minimum absolute atomic E-state index is 0.0934. The molecule has 0 saturated heterocycles. The van der Waals surface area contributed by atoms with Crippen molar-refractivity contribution in [3.05, 3.63) is 0 Å². The van der Waals surface area contributed by atoms with Gasteiger partial charge in [-0.2, -0.15) is 0 Å². The molecule has 0 amide bonds. The second-order valence-electron chi connectivity index (χ2n) is 5.39. The Morgan fingerprint density at radius 2 is 1.94 bits per heavy atom. The second kappa shape index (κ2) is 5.39. The average molecular weight is 234 g/mol. The summed E-state index contributed by atoms with van der Waals surface area (Å²) in [7, 11) is 0. The summed E-state index contributed by atoms with van der Waals surface area (Å²) in [5.41, 5.74) is 0. The third-order valence-electron chi connectivity index (χ3n) is 4.63. The standard InChI is InChI=1S/C13H18N2O2/c1-9(15-8-17)13-5-10-2-3-11(13)4-12(10)6-14-7-16/h9-13H,2-6H2,1H3. The zero-order valence-electron chi connectivity index (χ0n) is 10.1. The molecule has 0 N–H and O–H groups in total. The average Bonchev–Trinajstić information content (AvgIpc) is 2.37. The van der Waals surface area contributed by atoms with E-state index in [0.717, 1.165) is 12.8 Å². The van der Waals surface area contributed by atoms with Crippen molar-refractivity contribution in [1.82, 2.24) is 0 Å². The first-order valence-electron chi connectivity index (χ1n) is 6.36. The number of isocyanates is 2. The van der Waals surface area contributed by atoms with Crippen molar-refractivity contribution in [2.45, 2.75) is 38.6 Å². The van der Waals surface area contributed by atoms with E-state index < -0.39 is 0 Å². The molecule has 0 aromatic carbocycles. The summed E-state index contributed by atoms with van der Waals surface area (Å²) in [5, 5.41) is 0. The minimum Gasteiger partial charge on any atom is -0.211 e. The number of carbonyl (C=O) groups excluding carboxylic acids is 2. The molecule has 3 rings (SSSR count). The molecule has 0 heterocycles. The van der Waals surface area contributed by atoms with Gasteiger partial charge in [0.15, 0.2) is 0 Å². The molecule has 3 aliphatic rings. The summed E-state index contributed by atoms with van der Waals surface area (Å²) in [5.74, 6) is 2.34. The highest BCUT2D eigenvalue weighted by Gasteiger charge is 2.43. The van der Waals surface area contributed by atoms with Gasteiger partial charge in [-0.1, -0.05) is 0 Å². The molecule has 3 saturated carbocycles. The van der Waals surface area contributed by atoms with Crippen molar-refractivity contribution in [3.63, 3.8) is 0 Å². The zero-order valence-corrected chi connectivity index (χ0v) is 10.1. The summed E-state index contributed by atoms with van der Waals surface area (Å²) >= 11 is 0. The summed E-state index contributed by atoms with van der Waals surface area (Å²) in [6.07, 6.45) is 8.02. The molecule has 5 unspecified atom stereocenters. The maximum atomic E-state index is 10.3. The van der Waals surface area contributed by atoms with Gasteiger partial charge in [-0.05, 0) is 56.3 Å². The number of fused-ring (bicyclic) bond motifs is 3. The molecule has 5 atom stereocenters. The molecule has 0 radical (unpaired) electrons. The predicted octanol–water partition coefficient (Wildman–Crippen LogP) is 2.10. The molecule has 3 aliphatic carbocycles. The Bertz CT molecular complexity index is 370. The maximum Gasteiger partial charge on any atom is 0.235 e. The molecule has 92 valence electrons. The molecule has 3 fully saturated rings. The predicted molar refractivity (Wildman–Crippen MR) is 63.0 cm³/mol. The normalized spacial score (nSPS) is 36.8. The second-order valence-corrected chi connectivity index (χ2v) is 5.39. The summed E-state index contributed by atoms with van der Waals surface area (Å²) in [6, 6.07) is 0.0934. The van der Waals surface area contributed by atoms with Gasteiger partial charge < -0.3 is 0 Å². The lowest BCUT2D eigenvalue weighted by atomic mass is 9.58. The molecule has 17 heavy (non-hydrogen) atoms. The first-order valence-corrected chi connectivity index (χ1v) is 6.36. The van der Waals surface area contributed by atoms with Crippen LogP contribution >= 0.6 is 0 Å². The molecule has 0 aromatic rings. The van der Waals surface area contributed by atoms with Gasteiger partial charge in [-0.15, -0.1) is 0 Å². The lowest BCUT2D eigenvalue weighted by molar-refractivity contribution is 0.0353. The van der Waals surface area contributed by atoms with Crippen molar-refractivity contribution in [2.24, 2.45) is 33.7 Å². The quantitative estimate of drug-likeness (QED) is 0.552. The van der Waals surface area contributed by atoms with E-state index in [1.165, 1.54) is 12.8 Å². The van der Waals surface area contributed by atoms with Crippen LogP contribution in [-0.4, -0.2) is 24.7 Å². The largest absolute Gasteiger partial charge is 0.235 e. The minimum atomic E-state index is 0.0934. The van der Waals surface area contributed by atoms with Gasteiger partial charge in [0.05, 0.1) is 12.6 Å². The molecule has 0 aliphatic heterocycles. The van der Waals surface area contributed by atoms with E-state index in [9.17, 15) is 9.59 Å². The lowest BCUT2D eigenvalue weighted by Crippen LogP contribution is -2.42. The molecular weight excluding hydrogens is 216 g/mol. The van der Waals surface area contributed by atoms with Crippen molar-refractivity contribution in [2.75, 3.05) is 6.54 Å². The highest BCUT2D eigenvalue weighted by Crippen LogP contribution is 2.49. The van der Waals surface area contributed by atoms with E-state index in [1.54, 1.807) is 12.2 Å². The van der Waals surface area contributed by atoms with Crippen LogP contribution in [0.1, 0.15) is 32.6 Å². The number of hydrogen-bond acceptors (Lipinski definition) is 4. The number of aliphatic imine (C=N–C) groups is 2. The molecule has 4 heteroatoms. The van der Waals surface area contributed by atoms with E-state index in [0.29, 0.717) is 30.2 Å².